The van der Waals surface area contributed by atoms with Crippen molar-refractivity contribution in [2.24, 2.45) is 5.41 Å². The van der Waals surface area contributed by atoms with Gasteiger partial charge in [-0.15, -0.1) is 53.6 Å². The van der Waals surface area contributed by atoms with Crippen LogP contribution in [-0.4, -0.2) is 15.0 Å². The molecule has 0 aliphatic heterocycles. The fourth-order valence-electron chi connectivity index (χ4n) is 5.94. The molecule has 0 amide bonds. The van der Waals surface area contributed by atoms with Crippen LogP contribution < -0.4 is 0 Å². The van der Waals surface area contributed by atoms with Crippen LogP contribution in [0.5, 0.6) is 0 Å². The molecule has 241 valence electrons. The van der Waals surface area contributed by atoms with Gasteiger partial charge in [-0.3, -0.25) is 4.98 Å². The summed E-state index contributed by atoms with van der Waals surface area (Å²) in [6.07, 6.45) is 4.89. The number of aromatic nitrogens is 3. The topological polar surface area (TPSA) is 51.8 Å². The van der Waals surface area contributed by atoms with Crippen LogP contribution in [0.3, 0.4) is 0 Å². The SMILES string of the molecule is Cc1c[c-]c(-c2cc(C)c(C)cn2)cc1.Cc1cc2c(ccc3c4cc[c-]c(-c5cc(CC(C)(C)C)c(C)cn5)c4oc23)c(C)n1.[Ir]. The fraction of sp³-hybridized carbons (Fsp3) is 0.262. The fourth-order valence-corrected chi connectivity index (χ4v) is 5.94. The van der Waals surface area contributed by atoms with Crippen molar-refractivity contribution >= 4 is 32.7 Å². The van der Waals surface area contributed by atoms with Gasteiger partial charge in [0.25, 0.3) is 0 Å². The minimum absolute atomic E-state index is 0. The molecule has 7 rings (SSSR count). The van der Waals surface area contributed by atoms with Crippen LogP contribution in [-0.2, 0) is 26.5 Å². The molecule has 1 radical (unpaired) electrons. The first kappa shape index (κ1) is 34.2. The number of furan rings is 1. The molecule has 0 atom stereocenters. The van der Waals surface area contributed by atoms with Gasteiger partial charge in [-0.25, -0.2) is 0 Å². The second-order valence-corrected chi connectivity index (χ2v) is 13.8. The van der Waals surface area contributed by atoms with Gasteiger partial charge in [0.1, 0.15) is 5.58 Å². The Balaban J connectivity index is 0.000000228. The van der Waals surface area contributed by atoms with Gasteiger partial charge in [-0.1, -0.05) is 74.0 Å². The minimum Gasteiger partial charge on any atom is -0.500 e. The van der Waals surface area contributed by atoms with Gasteiger partial charge in [0.15, 0.2) is 0 Å². The first-order chi connectivity index (χ1) is 21.9. The van der Waals surface area contributed by atoms with Gasteiger partial charge >= 0.3 is 0 Å². The second-order valence-electron chi connectivity index (χ2n) is 13.8. The molecule has 0 aliphatic rings. The molecule has 0 bridgehead atoms. The number of hydrogen-bond donors (Lipinski definition) is 0. The molecule has 4 heterocycles. The van der Waals surface area contributed by atoms with Crippen LogP contribution in [0.1, 0.15) is 60.0 Å². The summed E-state index contributed by atoms with van der Waals surface area (Å²) in [7, 11) is 0. The van der Waals surface area contributed by atoms with E-state index < -0.39 is 0 Å². The van der Waals surface area contributed by atoms with E-state index in [1.54, 1.807) is 0 Å². The van der Waals surface area contributed by atoms with Gasteiger partial charge in [0.2, 0.25) is 0 Å². The van der Waals surface area contributed by atoms with Crippen molar-refractivity contribution in [3.8, 4) is 22.5 Å². The summed E-state index contributed by atoms with van der Waals surface area (Å²) >= 11 is 0. The molecule has 4 aromatic heterocycles. The number of benzene rings is 3. The summed E-state index contributed by atoms with van der Waals surface area (Å²) < 4.78 is 6.53. The van der Waals surface area contributed by atoms with E-state index in [0.717, 1.165) is 73.0 Å². The van der Waals surface area contributed by atoms with Gasteiger partial charge in [-0.05, 0) is 75.0 Å². The Kier molecular flexibility index (Phi) is 9.82. The van der Waals surface area contributed by atoms with E-state index >= 15 is 0 Å². The summed E-state index contributed by atoms with van der Waals surface area (Å²) in [6.45, 7) is 19.3. The molecular weight excluding hydrogens is 755 g/mol. The number of nitrogens with zero attached hydrogens (tertiary/aromatic N) is 3. The molecule has 0 saturated heterocycles. The van der Waals surface area contributed by atoms with Crippen molar-refractivity contribution in [1.29, 1.82) is 0 Å². The Morgan fingerprint density at radius 3 is 2.09 bits per heavy atom. The van der Waals surface area contributed by atoms with Gasteiger partial charge in [-0.2, -0.15) is 0 Å². The third kappa shape index (κ3) is 7.22. The molecule has 47 heavy (non-hydrogen) atoms. The summed E-state index contributed by atoms with van der Waals surface area (Å²) in [5, 5.41) is 4.45. The summed E-state index contributed by atoms with van der Waals surface area (Å²) in [4.78, 5) is 13.8. The predicted octanol–water partition coefficient (Wildman–Crippen LogP) is 11.0. The van der Waals surface area contributed by atoms with Crippen LogP contribution in [0, 0.1) is 59.1 Å². The molecule has 0 spiro atoms. The van der Waals surface area contributed by atoms with Gasteiger partial charge in [0, 0.05) is 60.0 Å². The molecule has 0 aliphatic carbocycles. The molecule has 0 saturated carbocycles. The smallest absolute Gasteiger partial charge is 0.128 e. The zero-order chi connectivity index (χ0) is 32.7. The van der Waals surface area contributed by atoms with E-state index in [-0.39, 0.29) is 25.5 Å². The van der Waals surface area contributed by atoms with Crippen LogP contribution >= 0.6 is 0 Å². The van der Waals surface area contributed by atoms with E-state index in [0.29, 0.717) is 0 Å². The molecule has 5 heteroatoms. The summed E-state index contributed by atoms with van der Waals surface area (Å²) in [5.74, 6) is 0. The Labute approximate surface area is 292 Å². The number of pyridine rings is 3. The van der Waals surface area contributed by atoms with E-state index in [2.05, 4.69) is 126 Å². The van der Waals surface area contributed by atoms with Crippen LogP contribution in [0.15, 0.2) is 77.5 Å². The maximum Gasteiger partial charge on any atom is 0.128 e. The third-order valence-corrected chi connectivity index (χ3v) is 8.54. The van der Waals surface area contributed by atoms with Crippen molar-refractivity contribution in [2.45, 2.75) is 68.7 Å². The summed E-state index contributed by atoms with van der Waals surface area (Å²) in [6, 6.07) is 27.6. The molecular formula is C42H41IrN3O-2. The molecule has 4 nitrogen and oxygen atoms in total. The summed E-state index contributed by atoms with van der Waals surface area (Å²) in [5.41, 5.74) is 14.1. The van der Waals surface area contributed by atoms with E-state index in [1.165, 1.54) is 27.8 Å². The average molecular weight is 796 g/mol. The normalized spacial score (nSPS) is 11.4. The zero-order valence-corrected chi connectivity index (χ0v) is 31.1. The Morgan fingerprint density at radius 1 is 0.681 bits per heavy atom. The minimum atomic E-state index is 0. The molecule has 3 aromatic carbocycles. The maximum absolute atomic E-state index is 6.53. The molecule has 0 fully saturated rings. The Morgan fingerprint density at radius 2 is 1.38 bits per heavy atom. The van der Waals surface area contributed by atoms with Crippen molar-refractivity contribution in [2.75, 3.05) is 0 Å². The van der Waals surface area contributed by atoms with Gasteiger partial charge in [0.05, 0.1) is 5.58 Å². The predicted molar refractivity (Wildman–Crippen MR) is 191 cm³/mol. The largest absolute Gasteiger partial charge is 0.500 e. The number of aryl methyl sites for hydroxylation is 6. The van der Waals surface area contributed by atoms with Crippen molar-refractivity contribution in [3.05, 3.63) is 124 Å². The number of hydrogen-bond acceptors (Lipinski definition) is 4. The first-order valence-electron chi connectivity index (χ1n) is 15.9. The van der Waals surface area contributed by atoms with Crippen molar-refractivity contribution in [3.63, 3.8) is 0 Å². The zero-order valence-electron chi connectivity index (χ0n) is 28.7. The van der Waals surface area contributed by atoms with E-state index in [4.69, 9.17) is 9.40 Å². The third-order valence-electron chi connectivity index (χ3n) is 8.54. The quantitative estimate of drug-likeness (QED) is 0.167. The van der Waals surface area contributed by atoms with Crippen LogP contribution in [0.4, 0.5) is 0 Å². The second kappa shape index (κ2) is 13.5. The van der Waals surface area contributed by atoms with Crippen LogP contribution in [0.2, 0.25) is 0 Å². The maximum atomic E-state index is 6.53. The van der Waals surface area contributed by atoms with Crippen molar-refractivity contribution < 1.29 is 24.5 Å². The van der Waals surface area contributed by atoms with Crippen molar-refractivity contribution in [1.82, 2.24) is 15.0 Å². The standard InChI is InChI=1S/C28H27N2O.C14H14N.Ir/c1-16-15-29-25(13-19(16)14-28(4,5)6)23-9-7-8-21-22-11-10-20-18(3)30-17(2)12-24(20)27(22)31-26(21)23;1-10-4-6-13(7-5-10)14-8-11(2)12(3)9-15-14;/h7-8,10-13,15H,14H2,1-6H3;4-6,8-9H,1-3H3;/q2*-1;. The van der Waals surface area contributed by atoms with Gasteiger partial charge < -0.3 is 14.4 Å². The van der Waals surface area contributed by atoms with E-state index in [1.807, 2.05) is 31.5 Å². The van der Waals surface area contributed by atoms with E-state index in [9.17, 15) is 0 Å². The Bertz CT molecular complexity index is 2220. The molecule has 7 aromatic rings. The van der Waals surface area contributed by atoms with Crippen LogP contribution in [0.25, 0.3) is 55.2 Å². The monoisotopic (exact) mass is 796 g/mol. The molecule has 0 N–H and O–H groups in total. The average Bonchev–Trinajstić information content (AvgIpc) is 3.39. The number of fused-ring (bicyclic) bond motifs is 5. The Hall–Kier alpha value is -4.18. The first-order valence-corrected chi connectivity index (χ1v) is 15.9. The number of rotatable bonds is 3. The molecule has 0 unspecified atom stereocenters.